The Bertz CT molecular complexity index is 885. The predicted octanol–water partition coefficient (Wildman–Crippen LogP) is 5.57. The third kappa shape index (κ3) is 7.27. The number of nitrogens with zero attached hydrogens (tertiary/aromatic N) is 1. The summed E-state index contributed by atoms with van der Waals surface area (Å²) < 4.78 is 5.93. The normalized spacial score (nSPS) is 11.8. The van der Waals surface area contributed by atoms with E-state index in [2.05, 4.69) is 26.1 Å². The summed E-state index contributed by atoms with van der Waals surface area (Å²) in [6, 6.07) is 14.5. The Morgan fingerprint density at radius 2 is 1.75 bits per heavy atom. The van der Waals surface area contributed by atoms with Crippen molar-refractivity contribution in [2.45, 2.75) is 65.5 Å². The van der Waals surface area contributed by atoms with Crippen molar-refractivity contribution in [2.24, 2.45) is 0 Å². The van der Waals surface area contributed by atoms with Crippen molar-refractivity contribution in [3.05, 3.63) is 64.7 Å². The van der Waals surface area contributed by atoms with Gasteiger partial charge in [0.2, 0.25) is 5.91 Å². The molecule has 0 aliphatic rings. The monoisotopic (exact) mass is 458 g/mol. The molecule has 1 N–H and O–H groups in total. The quantitative estimate of drug-likeness (QED) is 0.423. The van der Waals surface area contributed by atoms with Crippen LogP contribution < -0.4 is 10.1 Å². The molecule has 0 aromatic heterocycles. The zero-order chi connectivity index (χ0) is 23.5. The molecular formula is C26H35ClN2O3. The fraction of sp³-hybridized carbons (Fsp3) is 0.462. The lowest BCUT2D eigenvalue weighted by Gasteiger charge is -2.31. The van der Waals surface area contributed by atoms with Gasteiger partial charge in [-0.2, -0.15) is 0 Å². The first-order chi connectivity index (χ1) is 15.4. The van der Waals surface area contributed by atoms with Crippen LogP contribution in [0.1, 0.15) is 64.0 Å². The van der Waals surface area contributed by atoms with Gasteiger partial charge >= 0.3 is 0 Å². The fourth-order valence-electron chi connectivity index (χ4n) is 3.55. The maximum Gasteiger partial charge on any atom is 0.261 e. The summed E-state index contributed by atoms with van der Waals surface area (Å²) in [6.07, 6.45) is 2.38. The summed E-state index contributed by atoms with van der Waals surface area (Å²) in [5.41, 5.74) is 1.84. The smallest absolute Gasteiger partial charge is 0.261 e. The largest absolute Gasteiger partial charge is 0.483 e. The van der Waals surface area contributed by atoms with E-state index in [1.165, 1.54) is 0 Å². The number of ether oxygens (including phenoxy) is 1. The molecule has 5 nitrogen and oxygen atoms in total. The molecule has 0 radical (unpaired) electrons. The first kappa shape index (κ1) is 25.7. The highest BCUT2D eigenvalue weighted by Crippen LogP contribution is 2.26. The van der Waals surface area contributed by atoms with E-state index in [1.807, 2.05) is 49.4 Å². The van der Waals surface area contributed by atoms with Gasteiger partial charge < -0.3 is 15.0 Å². The van der Waals surface area contributed by atoms with Gasteiger partial charge in [0.25, 0.3) is 5.91 Å². The highest BCUT2D eigenvalue weighted by atomic mass is 35.5. The van der Waals surface area contributed by atoms with Crippen LogP contribution in [0, 0.1) is 0 Å². The molecule has 0 saturated carbocycles. The van der Waals surface area contributed by atoms with Gasteiger partial charge in [-0.1, -0.05) is 82.1 Å². The summed E-state index contributed by atoms with van der Waals surface area (Å²) in [7, 11) is 0. The third-order valence-corrected chi connectivity index (χ3v) is 5.77. The number of carbonyl (C=O) groups is 2. The number of halogens is 1. The van der Waals surface area contributed by atoms with Gasteiger partial charge in [0, 0.05) is 18.1 Å². The molecule has 2 rings (SSSR count). The number of unbranched alkanes of at least 4 members (excludes halogenated alkanes) is 1. The molecule has 32 heavy (non-hydrogen) atoms. The van der Waals surface area contributed by atoms with Crippen LogP contribution in [0.25, 0.3) is 0 Å². The summed E-state index contributed by atoms with van der Waals surface area (Å²) in [6.45, 7) is 8.84. The molecule has 0 bridgehead atoms. The summed E-state index contributed by atoms with van der Waals surface area (Å²) >= 11 is 6.36. The molecular weight excluding hydrogens is 424 g/mol. The molecule has 2 aromatic carbocycles. The van der Waals surface area contributed by atoms with Crippen LogP contribution in [0.3, 0.4) is 0 Å². The second kappa shape index (κ2) is 13.1. The highest BCUT2D eigenvalue weighted by Gasteiger charge is 2.29. The Morgan fingerprint density at radius 3 is 2.41 bits per heavy atom. The molecule has 0 spiro atoms. The van der Waals surface area contributed by atoms with Crippen molar-refractivity contribution in [2.75, 3.05) is 13.2 Å². The molecule has 2 amide bonds. The SMILES string of the molecule is CCCCNC(=O)[C@@H](CC)N(Cc1ccccc1Cl)C(=O)COc1ccccc1C(C)C. The number of rotatable bonds is 12. The molecule has 0 aliphatic heterocycles. The van der Waals surface area contributed by atoms with E-state index in [0.29, 0.717) is 23.7 Å². The Labute approximate surface area is 197 Å². The van der Waals surface area contributed by atoms with Crippen molar-refractivity contribution in [1.29, 1.82) is 0 Å². The molecule has 0 heterocycles. The van der Waals surface area contributed by atoms with Crippen LogP contribution in [-0.4, -0.2) is 35.9 Å². The van der Waals surface area contributed by atoms with Crippen LogP contribution in [-0.2, 0) is 16.1 Å². The molecule has 2 aromatic rings. The van der Waals surface area contributed by atoms with E-state index in [1.54, 1.807) is 11.0 Å². The Morgan fingerprint density at radius 1 is 1.06 bits per heavy atom. The average Bonchev–Trinajstić information content (AvgIpc) is 2.78. The molecule has 0 aliphatic carbocycles. The number of nitrogens with one attached hydrogen (secondary N) is 1. The minimum Gasteiger partial charge on any atom is -0.483 e. The van der Waals surface area contributed by atoms with E-state index in [4.69, 9.17) is 16.3 Å². The van der Waals surface area contributed by atoms with E-state index in [0.717, 1.165) is 24.0 Å². The standard InChI is InChI=1S/C26H35ClN2O3/c1-5-7-16-28-26(31)23(6-2)29(17-20-12-8-10-14-22(20)27)25(30)18-32-24-15-11-9-13-21(24)19(3)4/h8-15,19,23H,5-7,16-18H2,1-4H3,(H,28,31)/t23-/m1/s1. The van der Waals surface area contributed by atoms with Gasteiger partial charge in [-0.05, 0) is 42.0 Å². The number of amides is 2. The molecule has 0 saturated heterocycles. The predicted molar refractivity (Wildman–Crippen MR) is 130 cm³/mol. The lowest BCUT2D eigenvalue weighted by Crippen LogP contribution is -2.50. The minimum absolute atomic E-state index is 0.146. The molecule has 0 unspecified atom stereocenters. The lowest BCUT2D eigenvalue weighted by atomic mass is 10.0. The van der Waals surface area contributed by atoms with E-state index >= 15 is 0 Å². The molecule has 1 atom stereocenters. The maximum atomic E-state index is 13.3. The van der Waals surface area contributed by atoms with Crippen molar-refractivity contribution in [3.63, 3.8) is 0 Å². The number of benzene rings is 2. The third-order valence-electron chi connectivity index (χ3n) is 5.41. The topological polar surface area (TPSA) is 58.6 Å². The first-order valence-corrected chi connectivity index (χ1v) is 11.8. The number of carbonyl (C=O) groups excluding carboxylic acids is 2. The van der Waals surface area contributed by atoms with E-state index in [-0.39, 0.29) is 30.9 Å². The Kier molecular flexibility index (Phi) is 10.5. The zero-order valence-corrected chi connectivity index (χ0v) is 20.3. The van der Waals surface area contributed by atoms with Crippen LogP contribution in [0.15, 0.2) is 48.5 Å². The van der Waals surface area contributed by atoms with E-state index < -0.39 is 6.04 Å². The fourth-order valence-corrected chi connectivity index (χ4v) is 3.74. The number of hydrogen-bond acceptors (Lipinski definition) is 3. The number of hydrogen-bond donors (Lipinski definition) is 1. The van der Waals surface area contributed by atoms with E-state index in [9.17, 15) is 9.59 Å². The second-order valence-corrected chi connectivity index (χ2v) is 8.57. The van der Waals surface area contributed by atoms with Gasteiger partial charge in [0.15, 0.2) is 6.61 Å². The first-order valence-electron chi connectivity index (χ1n) is 11.4. The van der Waals surface area contributed by atoms with Gasteiger partial charge in [0.1, 0.15) is 11.8 Å². The number of para-hydroxylation sites is 1. The van der Waals surface area contributed by atoms with Crippen molar-refractivity contribution in [3.8, 4) is 5.75 Å². The summed E-state index contributed by atoms with van der Waals surface area (Å²) in [4.78, 5) is 27.8. The van der Waals surface area contributed by atoms with Crippen LogP contribution in [0.4, 0.5) is 0 Å². The Balaban J connectivity index is 2.23. The average molecular weight is 459 g/mol. The minimum atomic E-state index is -0.598. The molecule has 6 heteroatoms. The van der Waals surface area contributed by atoms with Crippen LogP contribution >= 0.6 is 11.6 Å². The second-order valence-electron chi connectivity index (χ2n) is 8.16. The highest BCUT2D eigenvalue weighted by molar-refractivity contribution is 6.31. The maximum absolute atomic E-state index is 13.3. The van der Waals surface area contributed by atoms with Gasteiger partial charge in [0.05, 0.1) is 0 Å². The zero-order valence-electron chi connectivity index (χ0n) is 19.6. The van der Waals surface area contributed by atoms with Gasteiger partial charge in [-0.3, -0.25) is 9.59 Å². The summed E-state index contributed by atoms with van der Waals surface area (Å²) in [5, 5.41) is 3.53. The van der Waals surface area contributed by atoms with Crippen molar-refractivity contribution < 1.29 is 14.3 Å². The Hall–Kier alpha value is -2.53. The van der Waals surface area contributed by atoms with Crippen LogP contribution in [0.5, 0.6) is 5.75 Å². The van der Waals surface area contributed by atoms with Crippen molar-refractivity contribution in [1.82, 2.24) is 10.2 Å². The van der Waals surface area contributed by atoms with Gasteiger partial charge in [-0.25, -0.2) is 0 Å². The van der Waals surface area contributed by atoms with Crippen molar-refractivity contribution >= 4 is 23.4 Å². The molecule has 174 valence electrons. The lowest BCUT2D eigenvalue weighted by molar-refractivity contribution is -0.143. The summed E-state index contributed by atoms with van der Waals surface area (Å²) in [5.74, 6) is 0.562. The van der Waals surface area contributed by atoms with Gasteiger partial charge in [-0.15, -0.1) is 0 Å². The van der Waals surface area contributed by atoms with Crippen LogP contribution in [0.2, 0.25) is 5.02 Å². The molecule has 0 fully saturated rings.